The first-order chi connectivity index (χ1) is 8.25. The van der Waals surface area contributed by atoms with Gasteiger partial charge in [-0.2, -0.15) is 0 Å². The maximum atomic E-state index is 10.9. The Morgan fingerprint density at radius 2 is 1.65 bits per heavy atom. The summed E-state index contributed by atoms with van der Waals surface area (Å²) >= 11 is 0. The minimum absolute atomic E-state index is 0.431. The van der Waals surface area contributed by atoms with Gasteiger partial charge < -0.3 is 10.5 Å². The summed E-state index contributed by atoms with van der Waals surface area (Å²) in [7, 11) is 0. The first-order valence-electron chi connectivity index (χ1n) is 5.32. The maximum absolute atomic E-state index is 10.9. The summed E-state index contributed by atoms with van der Waals surface area (Å²) in [5, 5.41) is 0. The molecule has 0 saturated heterocycles. The molecule has 0 unspecified atom stereocenters. The van der Waals surface area contributed by atoms with Crippen molar-refractivity contribution >= 4 is 5.91 Å². The number of primary amides is 1. The molecular formula is C14H13NO2. The Bertz CT molecular complexity index is 491. The van der Waals surface area contributed by atoms with Crippen molar-refractivity contribution in [3.63, 3.8) is 0 Å². The van der Waals surface area contributed by atoms with Gasteiger partial charge in [0.15, 0.2) is 0 Å². The molecule has 2 rings (SSSR count). The Balaban J connectivity index is 1.98. The molecule has 0 spiro atoms. The van der Waals surface area contributed by atoms with Gasteiger partial charge in [0.05, 0.1) is 0 Å². The second-order valence-corrected chi connectivity index (χ2v) is 3.66. The molecule has 0 aliphatic carbocycles. The predicted molar refractivity (Wildman–Crippen MR) is 65.7 cm³/mol. The van der Waals surface area contributed by atoms with Crippen LogP contribution in [0.4, 0.5) is 0 Å². The molecule has 0 heterocycles. The number of hydrogen-bond acceptors (Lipinski definition) is 2. The molecule has 86 valence electrons. The van der Waals surface area contributed by atoms with Gasteiger partial charge in [0.25, 0.3) is 0 Å². The van der Waals surface area contributed by atoms with E-state index in [4.69, 9.17) is 10.5 Å². The fourth-order valence-electron chi connectivity index (χ4n) is 1.46. The lowest BCUT2D eigenvalue weighted by molar-refractivity contribution is 0.100. The molecule has 0 aromatic heterocycles. The van der Waals surface area contributed by atoms with Crippen molar-refractivity contribution in [2.24, 2.45) is 5.73 Å². The summed E-state index contributed by atoms with van der Waals surface area (Å²) in [6.07, 6.45) is 0. The van der Waals surface area contributed by atoms with E-state index in [1.807, 2.05) is 30.3 Å². The quantitative estimate of drug-likeness (QED) is 0.871. The summed E-state index contributed by atoms with van der Waals surface area (Å²) in [5.41, 5.74) is 6.74. The molecule has 1 amide bonds. The fourth-order valence-corrected chi connectivity index (χ4v) is 1.46. The van der Waals surface area contributed by atoms with E-state index in [1.165, 1.54) is 0 Å². The van der Waals surface area contributed by atoms with Crippen LogP contribution in [0, 0.1) is 0 Å². The Kier molecular flexibility index (Phi) is 3.40. The second kappa shape index (κ2) is 5.16. The number of ether oxygens (including phenoxy) is 1. The number of benzene rings is 2. The van der Waals surface area contributed by atoms with Crippen molar-refractivity contribution in [3.8, 4) is 5.75 Å². The van der Waals surface area contributed by atoms with Crippen molar-refractivity contribution in [1.82, 2.24) is 0 Å². The third-order valence-electron chi connectivity index (χ3n) is 2.39. The molecule has 0 aliphatic heterocycles. The first kappa shape index (κ1) is 11.2. The number of carbonyl (C=O) groups is 1. The largest absolute Gasteiger partial charge is 0.489 e. The van der Waals surface area contributed by atoms with E-state index < -0.39 is 5.91 Å². The van der Waals surface area contributed by atoms with Crippen LogP contribution in [0.2, 0.25) is 0 Å². The Morgan fingerprint density at radius 1 is 1.00 bits per heavy atom. The standard InChI is InChI=1S/C14H13NO2/c15-14(16)12-6-8-13(9-7-12)17-10-11-4-2-1-3-5-11/h1-9H,10H2,(H2,15,16). The smallest absolute Gasteiger partial charge is 0.248 e. The minimum Gasteiger partial charge on any atom is -0.489 e. The number of carbonyl (C=O) groups excluding carboxylic acids is 1. The van der Waals surface area contributed by atoms with Crippen molar-refractivity contribution in [2.45, 2.75) is 6.61 Å². The third kappa shape index (κ3) is 3.08. The van der Waals surface area contributed by atoms with Crippen LogP contribution in [0.15, 0.2) is 54.6 Å². The number of nitrogens with two attached hydrogens (primary N) is 1. The van der Waals surface area contributed by atoms with Gasteiger partial charge in [0.1, 0.15) is 12.4 Å². The van der Waals surface area contributed by atoms with Gasteiger partial charge >= 0.3 is 0 Å². The highest BCUT2D eigenvalue weighted by Gasteiger charge is 2.00. The summed E-state index contributed by atoms with van der Waals surface area (Å²) in [6.45, 7) is 0.511. The fraction of sp³-hybridized carbons (Fsp3) is 0.0714. The highest BCUT2D eigenvalue weighted by molar-refractivity contribution is 5.92. The third-order valence-corrected chi connectivity index (χ3v) is 2.39. The van der Waals surface area contributed by atoms with E-state index in [1.54, 1.807) is 24.3 Å². The van der Waals surface area contributed by atoms with Crippen LogP contribution in [-0.2, 0) is 6.61 Å². The molecule has 0 atom stereocenters. The molecule has 0 bridgehead atoms. The zero-order valence-corrected chi connectivity index (χ0v) is 9.30. The van der Waals surface area contributed by atoms with Crippen molar-refractivity contribution < 1.29 is 9.53 Å². The monoisotopic (exact) mass is 227 g/mol. The van der Waals surface area contributed by atoms with Crippen molar-refractivity contribution in [2.75, 3.05) is 0 Å². The zero-order chi connectivity index (χ0) is 12.1. The highest BCUT2D eigenvalue weighted by Crippen LogP contribution is 2.13. The van der Waals surface area contributed by atoms with Crippen LogP contribution in [-0.4, -0.2) is 5.91 Å². The van der Waals surface area contributed by atoms with Crippen LogP contribution >= 0.6 is 0 Å². The minimum atomic E-state index is -0.431. The van der Waals surface area contributed by atoms with Crippen LogP contribution in [0.1, 0.15) is 15.9 Å². The van der Waals surface area contributed by atoms with Gasteiger partial charge in [0, 0.05) is 5.56 Å². The van der Waals surface area contributed by atoms with Crippen molar-refractivity contribution in [1.29, 1.82) is 0 Å². The van der Waals surface area contributed by atoms with Gasteiger partial charge in [0.2, 0.25) is 5.91 Å². The lowest BCUT2D eigenvalue weighted by atomic mass is 10.2. The molecule has 0 radical (unpaired) electrons. The molecular weight excluding hydrogens is 214 g/mol. The topological polar surface area (TPSA) is 52.3 Å². The van der Waals surface area contributed by atoms with Gasteiger partial charge in [-0.25, -0.2) is 0 Å². The molecule has 3 heteroatoms. The van der Waals surface area contributed by atoms with Gasteiger partial charge in [-0.1, -0.05) is 30.3 Å². The molecule has 2 N–H and O–H groups in total. The SMILES string of the molecule is NC(=O)c1ccc(OCc2ccccc2)cc1. The van der Waals surface area contributed by atoms with E-state index in [0.29, 0.717) is 12.2 Å². The van der Waals surface area contributed by atoms with E-state index in [-0.39, 0.29) is 0 Å². The molecule has 17 heavy (non-hydrogen) atoms. The van der Waals surface area contributed by atoms with Crippen molar-refractivity contribution in [3.05, 3.63) is 65.7 Å². The molecule has 0 saturated carbocycles. The Hall–Kier alpha value is -2.29. The summed E-state index contributed by atoms with van der Waals surface area (Å²) < 4.78 is 5.57. The average Bonchev–Trinajstić information content (AvgIpc) is 2.38. The van der Waals surface area contributed by atoms with Crippen LogP contribution < -0.4 is 10.5 Å². The van der Waals surface area contributed by atoms with E-state index in [0.717, 1.165) is 11.3 Å². The van der Waals surface area contributed by atoms with Gasteiger partial charge in [-0.3, -0.25) is 4.79 Å². The zero-order valence-electron chi connectivity index (χ0n) is 9.30. The van der Waals surface area contributed by atoms with Crippen LogP contribution in [0.3, 0.4) is 0 Å². The lowest BCUT2D eigenvalue weighted by Crippen LogP contribution is -2.10. The Morgan fingerprint density at radius 3 is 2.24 bits per heavy atom. The molecule has 3 nitrogen and oxygen atoms in total. The average molecular weight is 227 g/mol. The lowest BCUT2D eigenvalue weighted by Gasteiger charge is -2.06. The molecule has 0 aliphatic rings. The van der Waals surface area contributed by atoms with Gasteiger partial charge in [-0.05, 0) is 29.8 Å². The van der Waals surface area contributed by atoms with E-state index in [9.17, 15) is 4.79 Å². The molecule has 0 fully saturated rings. The predicted octanol–water partition coefficient (Wildman–Crippen LogP) is 2.36. The number of amides is 1. The second-order valence-electron chi connectivity index (χ2n) is 3.66. The molecule has 2 aromatic rings. The highest BCUT2D eigenvalue weighted by atomic mass is 16.5. The molecule has 2 aromatic carbocycles. The Labute approximate surface area is 99.8 Å². The summed E-state index contributed by atoms with van der Waals surface area (Å²) in [6, 6.07) is 16.7. The van der Waals surface area contributed by atoms with E-state index >= 15 is 0 Å². The van der Waals surface area contributed by atoms with Crippen LogP contribution in [0.25, 0.3) is 0 Å². The number of hydrogen-bond donors (Lipinski definition) is 1. The van der Waals surface area contributed by atoms with Crippen LogP contribution in [0.5, 0.6) is 5.75 Å². The maximum Gasteiger partial charge on any atom is 0.248 e. The van der Waals surface area contributed by atoms with Gasteiger partial charge in [-0.15, -0.1) is 0 Å². The number of rotatable bonds is 4. The van der Waals surface area contributed by atoms with E-state index in [2.05, 4.69) is 0 Å². The summed E-state index contributed by atoms with van der Waals surface area (Å²) in [5.74, 6) is 0.290. The normalized spacial score (nSPS) is 9.88. The first-order valence-corrected chi connectivity index (χ1v) is 5.32. The summed E-state index contributed by atoms with van der Waals surface area (Å²) in [4.78, 5) is 10.9.